The summed E-state index contributed by atoms with van der Waals surface area (Å²) < 4.78 is 0. The Morgan fingerprint density at radius 2 is 1.78 bits per heavy atom. The molecule has 0 unspecified atom stereocenters. The van der Waals surface area contributed by atoms with Gasteiger partial charge in [0, 0.05) is 24.5 Å². The third-order valence-electron chi connectivity index (χ3n) is 3.73. The van der Waals surface area contributed by atoms with Crippen molar-refractivity contribution in [3.63, 3.8) is 0 Å². The molecule has 5 nitrogen and oxygen atoms in total. The van der Waals surface area contributed by atoms with E-state index in [1.807, 2.05) is 38.1 Å². The van der Waals surface area contributed by atoms with Gasteiger partial charge in [0.1, 0.15) is 0 Å². The van der Waals surface area contributed by atoms with Crippen LogP contribution in [0.2, 0.25) is 5.02 Å². The van der Waals surface area contributed by atoms with Gasteiger partial charge in [-0.2, -0.15) is 0 Å². The fourth-order valence-electron chi connectivity index (χ4n) is 2.53. The molecule has 2 rings (SSSR count). The Morgan fingerprint density at radius 1 is 1.17 bits per heavy atom. The molecule has 23 heavy (non-hydrogen) atoms. The van der Waals surface area contributed by atoms with Crippen LogP contribution in [-0.4, -0.2) is 33.9 Å². The minimum atomic E-state index is -0.0588. The first kappa shape index (κ1) is 17.2. The van der Waals surface area contributed by atoms with Crippen LogP contribution in [0.5, 0.6) is 0 Å². The van der Waals surface area contributed by atoms with E-state index < -0.39 is 0 Å². The van der Waals surface area contributed by atoms with Crippen molar-refractivity contribution in [1.82, 2.24) is 14.9 Å². The molecule has 0 atom stereocenters. The number of amides is 1. The van der Waals surface area contributed by atoms with Crippen molar-refractivity contribution in [2.45, 2.75) is 27.2 Å². The SMILES string of the molecule is CCN(CC)C(=O)c1c(C)nc(N)nc1Cc1ccc(Cl)cc1. The zero-order valence-electron chi connectivity index (χ0n) is 13.6. The Balaban J connectivity index is 2.45. The molecular formula is C17H21ClN4O. The van der Waals surface area contributed by atoms with Crippen LogP contribution in [0.25, 0.3) is 0 Å². The average Bonchev–Trinajstić information content (AvgIpc) is 2.50. The summed E-state index contributed by atoms with van der Waals surface area (Å²) in [5.74, 6) is 0.124. The molecule has 1 amide bonds. The number of aromatic nitrogens is 2. The lowest BCUT2D eigenvalue weighted by Gasteiger charge is -2.21. The van der Waals surface area contributed by atoms with Crippen molar-refractivity contribution < 1.29 is 4.79 Å². The van der Waals surface area contributed by atoms with Gasteiger partial charge in [-0.05, 0) is 38.5 Å². The summed E-state index contributed by atoms with van der Waals surface area (Å²) in [5, 5.41) is 0.673. The first-order chi connectivity index (χ1) is 11.0. The van der Waals surface area contributed by atoms with E-state index in [9.17, 15) is 4.79 Å². The van der Waals surface area contributed by atoms with Gasteiger partial charge in [-0.3, -0.25) is 4.79 Å². The normalized spacial score (nSPS) is 10.6. The van der Waals surface area contributed by atoms with E-state index in [1.165, 1.54) is 0 Å². The molecule has 0 bridgehead atoms. The van der Waals surface area contributed by atoms with Gasteiger partial charge in [-0.15, -0.1) is 0 Å². The van der Waals surface area contributed by atoms with Gasteiger partial charge in [0.05, 0.1) is 17.0 Å². The zero-order chi connectivity index (χ0) is 17.0. The molecule has 1 aromatic carbocycles. The number of nitrogen functional groups attached to an aromatic ring is 1. The molecule has 0 aliphatic rings. The second-order valence-electron chi connectivity index (χ2n) is 5.27. The van der Waals surface area contributed by atoms with Crippen molar-refractivity contribution in [3.8, 4) is 0 Å². The Bertz CT molecular complexity index is 696. The smallest absolute Gasteiger partial charge is 0.257 e. The lowest BCUT2D eigenvalue weighted by molar-refractivity contribution is 0.0770. The summed E-state index contributed by atoms with van der Waals surface area (Å²) >= 11 is 5.92. The maximum atomic E-state index is 12.8. The van der Waals surface area contributed by atoms with E-state index in [0.717, 1.165) is 5.56 Å². The summed E-state index contributed by atoms with van der Waals surface area (Å²) in [6, 6.07) is 7.48. The summed E-state index contributed by atoms with van der Waals surface area (Å²) in [5.41, 5.74) is 8.59. The zero-order valence-corrected chi connectivity index (χ0v) is 14.4. The lowest BCUT2D eigenvalue weighted by atomic mass is 10.0. The number of aryl methyl sites for hydroxylation is 1. The number of benzene rings is 1. The number of hydrogen-bond donors (Lipinski definition) is 1. The van der Waals surface area contributed by atoms with Crippen LogP contribution in [-0.2, 0) is 6.42 Å². The van der Waals surface area contributed by atoms with Crippen molar-refractivity contribution in [3.05, 3.63) is 51.8 Å². The predicted octanol–water partition coefficient (Wildman–Crippen LogP) is 3.09. The van der Waals surface area contributed by atoms with E-state index in [0.29, 0.717) is 41.5 Å². The highest BCUT2D eigenvalue weighted by Crippen LogP contribution is 2.19. The van der Waals surface area contributed by atoms with Crippen molar-refractivity contribution >= 4 is 23.5 Å². The number of halogens is 1. The van der Waals surface area contributed by atoms with E-state index in [1.54, 1.807) is 11.8 Å². The minimum Gasteiger partial charge on any atom is -0.368 e. The van der Waals surface area contributed by atoms with E-state index >= 15 is 0 Å². The van der Waals surface area contributed by atoms with Gasteiger partial charge in [-0.1, -0.05) is 23.7 Å². The quantitative estimate of drug-likeness (QED) is 0.913. The molecule has 0 fully saturated rings. The molecule has 0 saturated carbocycles. The molecule has 1 heterocycles. The lowest BCUT2D eigenvalue weighted by Crippen LogP contribution is -2.32. The number of nitrogens with zero attached hydrogens (tertiary/aromatic N) is 3. The molecule has 122 valence electrons. The van der Waals surface area contributed by atoms with Crippen LogP contribution in [0.15, 0.2) is 24.3 Å². The predicted molar refractivity (Wildman–Crippen MR) is 92.7 cm³/mol. The maximum Gasteiger partial charge on any atom is 0.257 e. The number of hydrogen-bond acceptors (Lipinski definition) is 4. The minimum absolute atomic E-state index is 0.0588. The number of rotatable bonds is 5. The number of nitrogens with two attached hydrogens (primary N) is 1. The molecule has 0 radical (unpaired) electrons. The fourth-order valence-corrected chi connectivity index (χ4v) is 2.65. The highest BCUT2D eigenvalue weighted by molar-refractivity contribution is 6.30. The van der Waals surface area contributed by atoms with Crippen molar-refractivity contribution in [2.24, 2.45) is 0 Å². The second-order valence-corrected chi connectivity index (χ2v) is 5.71. The van der Waals surface area contributed by atoms with Crippen molar-refractivity contribution in [1.29, 1.82) is 0 Å². The first-order valence-corrected chi connectivity index (χ1v) is 8.00. The molecule has 1 aromatic heterocycles. The van der Waals surface area contributed by atoms with Crippen LogP contribution >= 0.6 is 11.6 Å². The Hall–Kier alpha value is -2.14. The van der Waals surface area contributed by atoms with E-state index in [2.05, 4.69) is 9.97 Å². The monoisotopic (exact) mass is 332 g/mol. The fraction of sp³-hybridized carbons (Fsp3) is 0.353. The van der Waals surface area contributed by atoms with Crippen molar-refractivity contribution in [2.75, 3.05) is 18.8 Å². The number of anilines is 1. The Kier molecular flexibility index (Phi) is 5.55. The first-order valence-electron chi connectivity index (χ1n) is 7.62. The molecule has 2 N–H and O–H groups in total. The van der Waals surface area contributed by atoms with Gasteiger partial charge in [0.15, 0.2) is 0 Å². The summed E-state index contributed by atoms with van der Waals surface area (Å²) in [7, 11) is 0. The molecular weight excluding hydrogens is 312 g/mol. The molecule has 0 saturated heterocycles. The van der Waals surface area contributed by atoms with Crippen LogP contribution in [0, 0.1) is 6.92 Å². The van der Waals surface area contributed by atoms with Gasteiger partial charge < -0.3 is 10.6 Å². The number of carbonyl (C=O) groups excluding carboxylic acids is 1. The standard InChI is InChI=1S/C17H21ClN4O/c1-4-22(5-2)16(23)15-11(3)20-17(19)21-14(15)10-12-6-8-13(18)9-7-12/h6-9H,4-5,10H2,1-3H3,(H2,19,20,21). The third-order valence-corrected chi connectivity index (χ3v) is 3.98. The molecule has 0 spiro atoms. The van der Waals surface area contributed by atoms with Gasteiger partial charge >= 0.3 is 0 Å². The van der Waals surface area contributed by atoms with Gasteiger partial charge in [-0.25, -0.2) is 9.97 Å². The topological polar surface area (TPSA) is 72.1 Å². The summed E-state index contributed by atoms with van der Waals surface area (Å²) in [6.07, 6.45) is 0.507. The van der Waals surface area contributed by atoms with E-state index in [4.69, 9.17) is 17.3 Å². The highest BCUT2D eigenvalue weighted by atomic mass is 35.5. The van der Waals surface area contributed by atoms with Crippen LogP contribution in [0.4, 0.5) is 5.95 Å². The summed E-state index contributed by atoms with van der Waals surface area (Å²) in [4.78, 5) is 23.0. The van der Waals surface area contributed by atoms with Gasteiger partial charge in [0.25, 0.3) is 5.91 Å². The average molecular weight is 333 g/mol. The number of carbonyl (C=O) groups is 1. The highest BCUT2D eigenvalue weighted by Gasteiger charge is 2.22. The Labute approximate surface area is 141 Å². The maximum absolute atomic E-state index is 12.8. The molecule has 0 aliphatic carbocycles. The van der Waals surface area contributed by atoms with Crippen LogP contribution < -0.4 is 5.73 Å². The largest absolute Gasteiger partial charge is 0.368 e. The van der Waals surface area contributed by atoms with E-state index in [-0.39, 0.29) is 11.9 Å². The third kappa shape index (κ3) is 3.99. The van der Waals surface area contributed by atoms with Gasteiger partial charge in [0.2, 0.25) is 5.95 Å². The molecule has 6 heteroatoms. The molecule has 2 aromatic rings. The second kappa shape index (κ2) is 7.42. The van der Waals surface area contributed by atoms with Crippen LogP contribution in [0.1, 0.15) is 41.2 Å². The summed E-state index contributed by atoms with van der Waals surface area (Å²) in [6.45, 7) is 6.97. The van der Waals surface area contributed by atoms with Crippen LogP contribution in [0.3, 0.4) is 0 Å². The molecule has 0 aliphatic heterocycles. The Morgan fingerprint density at radius 3 is 2.35 bits per heavy atom.